The van der Waals surface area contributed by atoms with Crippen molar-refractivity contribution in [1.29, 1.82) is 0 Å². The average molecular weight is 385 g/mol. The van der Waals surface area contributed by atoms with Gasteiger partial charge < -0.3 is 10.4 Å². The predicted octanol–water partition coefficient (Wildman–Crippen LogP) is 3.31. The van der Waals surface area contributed by atoms with Crippen LogP contribution in [-0.2, 0) is 4.79 Å². The molecule has 2 amide bonds. The lowest BCUT2D eigenvalue weighted by Gasteiger charge is -2.09. The molecule has 0 aliphatic carbocycles. The summed E-state index contributed by atoms with van der Waals surface area (Å²) in [4.78, 5) is 25.1. The van der Waals surface area contributed by atoms with Gasteiger partial charge in [0.15, 0.2) is 0 Å². The van der Waals surface area contributed by atoms with Crippen LogP contribution >= 0.6 is 0 Å². The first-order valence-corrected chi connectivity index (χ1v) is 8.87. The Balaban J connectivity index is 1.76. The fourth-order valence-corrected chi connectivity index (χ4v) is 2.44. The van der Waals surface area contributed by atoms with E-state index in [1.54, 1.807) is 42.5 Å². The number of hydrogen-bond acceptors (Lipinski definition) is 4. The molecule has 0 saturated heterocycles. The number of phenols is 1. The Kier molecular flexibility index (Phi) is 6.52. The van der Waals surface area contributed by atoms with Crippen LogP contribution in [0.4, 0.5) is 0 Å². The third-order valence-corrected chi connectivity index (χ3v) is 3.91. The summed E-state index contributed by atoms with van der Waals surface area (Å²) in [5.41, 5.74) is 4.36. The number of aromatic hydroxyl groups is 1. The zero-order valence-corrected chi connectivity index (χ0v) is 15.4. The molecule has 6 nitrogen and oxygen atoms in total. The molecule has 0 unspecified atom stereocenters. The molecule has 0 radical (unpaired) electrons. The van der Waals surface area contributed by atoms with E-state index in [2.05, 4.69) is 15.8 Å². The van der Waals surface area contributed by atoms with Crippen LogP contribution in [0, 0.1) is 0 Å². The van der Waals surface area contributed by atoms with E-state index in [1.165, 1.54) is 18.3 Å². The molecule has 0 aromatic heterocycles. The predicted molar refractivity (Wildman–Crippen MR) is 112 cm³/mol. The largest absolute Gasteiger partial charge is 0.508 e. The van der Waals surface area contributed by atoms with Gasteiger partial charge in [0.05, 0.1) is 6.21 Å². The highest BCUT2D eigenvalue weighted by Gasteiger charge is 2.14. The van der Waals surface area contributed by atoms with E-state index in [1.807, 2.05) is 36.4 Å². The van der Waals surface area contributed by atoms with Gasteiger partial charge in [0.2, 0.25) is 0 Å². The molecular formula is C23H19N3O3. The van der Waals surface area contributed by atoms with Gasteiger partial charge in [0, 0.05) is 5.56 Å². The molecule has 29 heavy (non-hydrogen) atoms. The molecule has 0 aliphatic rings. The lowest BCUT2D eigenvalue weighted by Crippen LogP contribution is -2.32. The zero-order chi connectivity index (χ0) is 20.5. The molecule has 0 fully saturated rings. The van der Waals surface area contributed by atoms with Crippen LogP contribution in [0.1, 0.15) is 21.5 Å². The summed E-state index contributed by atoms with van der Waals surface area (Å²) >= 11 is 0. The minimum Gasteiger partial charge on any atom is -0.508 e. The maximum atomic E-state index is 12.6. The van der Waals surface area contributed by atoms with Gasteiger partial charge >= 0.3 is 0 Å². The second kappa shape index (κ2) is 9.66. The van der Waals surface area contributed by atoms with Crippen LogP contribution in [0.3, 0.4) is 0 Å². The topological polar surface area (TPSA) is 90.8 Å². The Hall–Kier alpha value is -4.19. The number of rotatable bonds is 6. The molecule has 6 heteroatoms. The second-order valence-electron chi connectivity index (χ2n) is 6.08. The SMILES string of the molecule is O=C(N/N=C/c1ccc(O)cc1)C(=Cc1ccccc1)NC(=O)c1ccccc1. The van der Waals surface area contributed by atoms with Crippen molar-refractivity contribution in [1.82, 2.24) is 10.7 Å². The van der Waals surface area contributed by atoms with E-state index in [-0.39, 0.29) is 11.4 Å². The van der Waals surface area contributed by atoms with Crippen LogP contribution in [-0.4, -0.2) is 23.1 Å². The summed E-state index contributed by atoms with van der Waals surface area (Å²) in [5.74, 6) is -0.818. The maximum Gasteiger partial charge on any atom is 0.287 e. The molecule has 3 N–H and O–H groups in total. The third kappa shape index (κ3) is 5.90. The molecule has 3 aromatic rings. The van der Waals surface area contributed by atoms with Gasteiger partial charge in [0.25, 0.3) is 11.8 Å². The molecule has 0 spiro atoms. The highest BCUT2D eigenvalue weighted by Crippen LogP contribution is 2.09. The Labute approximate surface area is 168 Å². The number of hydrazone groups is 1. The molecule has 144 valence electrons. The van der Waals surface area contributed by atoms with E-state index in [9.17, 15) is 14.7 Å². The number of hydrogen-bond donors (Lipinski definition) is 3. The highest BCUT2D eigenvalue weighted by molar-refractivity contribution is 6.05. The lowest BCUT2D eigenvalue weighted by molar-refractivity contribution is -0.117. The molecule has 3 rings (SSSR count). The standard InChI is InChI=1S/C23H19N3O3/c27-20-13-11-18(12-14-20)16-24-26-23(29)21(15-17-7-3-1-4-8-17)25-22(28)19-9-5-2-6-10-19/h1-16,27H,(H,25,28)(H,26,29)/b21-15?,24-16+. The molecule has 0 saturated carbocycles. The van der Waals surface area contributed by atoms with Crippen molar-refractivity contribution in [2.24, 2.45) is 5.10 Å². The molecule has 3 aromatic carbocycles. The highest BCUT2D eigenvalue weighted by atomic mass is 16.3. The monoisotopic (exact) mass is 385 g/mol. The molecule has 0 atom stereocenters. The first-order chi connectivity index (χ1) is 14.1. The fraction of sp³-hybridized carbons (Fsp3) is 0. The van der Waals surface area contributed by atoms with Gasteiger partial charge in [-0.05, 0) is 53.6 Å². The number of phenolic OH excluding ortho intramolecular Hbond substituents is 1. The van der Waals surface area contributed by atoms with Crippen LogP contribution in [0.25, 0.3) is 6.08 Å². The van der Waals surface area contributed by atoms with Crippen molar-refractivity contribution in [3.8, 4) is 5.75 Å². The van der Waals surface area contributed by atoms with Crippen LogP contribution in [0.15, 0.2) is 95.7 Å². The van der Waals surface area contributed by atoms with Gasteiger partial charge in [-0.15, -0.1) is 0 Å². The summed E-state index contributed by atoms with van der Waals surface area (Å²) < 4.78 is 0. The van der Waals surface area contributed by atoms with Crippen molar-refractivity contribution in [3.05, 3.63) is 107 Å². The maximum absolute atomic E-state index is 12.6. The fourth-order valence-electron chi connectivity index (χ4n) is 2.44. The smallest absolute Gasteiger partial charge is 0.287 e. The van der Waals surface area contributed by atoms with Crippen molar-refractivity contribution in [3.63, 3.8) is 0 Å². The Morgan fingerprint density at radius 3 is 2.07 bits per heavy atom. The summed E-state index contributed by atoms with van der Waals surface area (Å²) in [7, 11) is 0. The van der Waals surface area contributed by atoms with Crippen molar-refractivity contribution in [2.45, 2.75) is 0 Å². The third-order valence-electron chi connectivity index (χ3n) is 3.91. The zero-order valence-electron chi connectivity index (χ0n) is 15.4. The Morgan fingerprint density at radius 2 is 1.41 bits per heavy atom. The number of benzene rings is 3. The first kappa shape index (κ1) is 19.6. The Bertz CT molecular complexity index is 1030. The number of carbonyl (C=O) groups excluding carboxylic acids is 2. The number of amides is 2. The van der Waals surface area contributed by atoms with Gasteiger partial charge in [-0.25, -0.2) is 5.43 Å². The minimum absolute atomic E-state index is 0.0629. The quantitative estimate of drug-likeness (QED) is 0.345. The summed E-state index contributed by atoms with van der Waals surface area (Å²) in [6.07, 6.45) is 3.02. The van der Waals surface area contributed by atoms with E-state index in [0.29, 0.717) is 11.1 Å². The van der Waals surface area contributed by atoms with Crippen molar-refractivity contribution < 1.29 is 14.7 Å². The van der Waals surface area contributed by atoms with Crippen molar-refractivity contribution >= 4 is 24.1 Å². The van der Waals surface area contributed by atoms with Gasteiger partial charge in [0.1, 0.15) is 11.4 Å². The first-order valence-electron chi connectivity index (χ1n) is 8.87. The van der Waals surface area contributed by atoms with Crippen LogP contribution < -0.4 is 10.7 Å². The molecule has 0 heterocycles. The molecule has 0 bridgehead atoms. The lowest BCUT2D eigenvalue weighted by atomic mass is 10.1. The molecule has 0 aliphatic heterocycles. The molecular weight excluding hydrogens is 366 g/mol. The summed E-state index contributed by atoms with van der Waals surface area (Å²) in [6.45, 7) is 0. The van der Waals surface area contributed by atoms with Gasteiger partial charge in [-0.3, -0.25) is 9.59 Å². The number of nitrogens with zero attached hydrogens (tertiary/aromatic N) is 1. The minimum atomic E-state index is -0.562. The van der Waals surface area contributed by atoms with E-state index in [4.69, 9.17) is 0 Å². The summed E-state index contributed by atoms with van der Waals surface area (Å²) in [6, 6.07) is 24.2. The summed E-state index contributed by atoms with van der Waals surface area (Å²) in [5, 5.41) is 15.9. The van der Waals surface area contributed by atoms with E-state index in [0.717, 1.165) is 5.56 Å². The van der Waals surface area contributed by atoms with E-state index < -0.39 is 11.8 Å². The van der Waals surface area contributed by atoms with E-state index >= 15 is 0 Å². The number of nitrogens with one attached hydrogen (secondary N) is 2. The second-order valence-corrected chi connectivity index (χ2v) is 6.08. The van der Waals surface area contributed by atoms with Crippen molar-refractivity contribution in [2.75, 3.05) is 0 Å². The average Bonchev–Trinajstić information content (AvgIpc) is 2.76. The van der Waals surface area contributed by atoms with Crippen LogP contribution in [0.5, 0.6) is 5.75 Å². The Morgan fingerprint density at radius 1 is 0.793 bits per heavy atom. The van der Waals surface area contributed by atoms with Crippen LogP contribution in [0.2, 0.25) is 0 Å². The normalized spacial score (nSPS) is 11.2. The number of carbonyl (C=O) groups is 2. The van der Waals surface area contributed by atoms with Gasteiger partial charge in [-0.2, -0.15) is 5.10 Å². The van der Waals surface area contributed by atoms with Gasteiger partial charge in [-0.1, -0.05) is 48.5 Å².